The molecule has 0 heterocycles. The molecule has 0 saturated carbocycles. The normalized spacial score (nSPS) is 5.14. The fraction of sp³-hybridized carbons (Fsp3) is 1.00. The molecule has 0 aromatic heterocycles. The third-order valence-electron chi connectivity index (χ3n) is 0. The maximum absolute atomic E-state index is 7.57. The second-order valence-electron chi connectivity index (χ2n) is 0.763. The van der Waals surface area contributed by atoms with Crippen molar-refractivity contribution in [2.75, 3.05) is 20.7 Å². The molecule has 0 aliphatic heterocycles. The molecule has 3 heteroatoms. The summed E-state index contributed by atoms with van der Waals surface area (Å²) in [6.45, 7) is 1.93. The number of aliphatic hydroxyl groups excluding tert-OH is 1. The van der Waals surface area contributed by atoms with Crippen molar-refractivity contribution in [1.82, 2.24) is 0 Å². The van der Waals surface area contributed by atoms with Crippen LogP contribution in [0.5, 0.6) is 0 Å². The van der Waals surface area contributed by atoms with Crippen LogP contribution in [0.2, 0.25) is 0 Å². The van der Waals surface area contributed by atoms with Crippen LogP contribution in [0.4, 0.5) is 0 Å². The van der Waals surface area contributed by atoms with Gasteiger partial charge in [0, 0.05) is 29.0 Å². The molecule has 0 amide bonds. The van der Waals surface area contributed by atoms with Crippen LogP contribution in [0.25, 0.3) is 5.32 Å². The van der Waals surface area contributed by atoms with Gasteiger partial charge in [-0.1, -0.05) is 0 Å². The Morgan fingerprint density at radius 2 is 1.43 bits per heavy atom. The second-order valence-corrected chi connectivity index (χ2v) is 0.763. The number of aliphatic hydroxyl groups is 1. The quantitative estimate of drug-likeness (QED) is 0.688. The molecular formula is C4H12NOTa-. The van der Waals surface area contributed by atoms with Crippen LogP contribution in [0.15, 0.2) is 0 Å². The van der Waals surface area contributed by atoms with Crippen molar-refractivity contribution >= 4 is 0 Å². The van der Waals surface area contributed by atoms with Crippen molar-refractivity contribution in [3.8, 4) is 0 Å². The number of nitrogens with zero attached hydrogens (tertiary/aromatic N) is 1. The van der Waals surface area contributed by atoms with E-state index in [-0.39, 0.29) is 29.0 Å². The predicted octanol–water partition coefficient (Wildman–Crippen LogP) is 0.616. The van der Waals surface area contributed by atoms with Crippen LogP contribution >= 0.6 is 0 Å². The third-order valence-corrected chi connectivity index (χ3v) is 0. The van der Waals surface area contributed by atoms with E-state index < -0.39 is 0 Å². The molecule has 0 aliphatic rings. The largest absolute Gasteiger partial charge is 0.668 e. The first-order valence-electron chi connectivity index (χ1n) is 1.92. The van der Waals surface area contributed by atoms with Gasteiger partial charge in [0.1, 0.15) is 0 Å². The second kappa shape index (κ2) is 30.2. The zero-order valence-electron chi connectivity index (χ0n) is 5.05. The van der Waals surface area contributed by atoms with Gasteiger partial charge in [-0.25, -0.2) is 0 Å². The molecule has 0 bridgehead atoms. The summed E-state index contributed by atoms with van der Waals surface area (Å²) in [7, 11) is 3.50. The zero-order valence-corrected chi connectivity index (χ0v) is 8.26. The minimum atomic E-state index is 0. The van der Waals surface area contributed by atoms with Gasteiger partial charge in [0.15, 0.2) is 0 Å². The van der Waals surface area contributed by atoms with Crippen molar-refractivity contribution in [1.29, 1.82) is 0 Å². The van der Waals surface area contributed by atoms with Crippen molar-refractivity contribution in [2.45, 2.75) is 6.92 Å². The smallest absolute Gasteiger partial charge is 0.0402 e. The first-order valence-corrected chi connectivity index (χ1v) is 1.92. The number of hydrogen-bond donors (Lipinski definition) is 1. The Morgan fingerprint density at radius 1 is 1.43 bits per heavy atom. The van der Waals surface area contributed by atoms with Crippen LogP contribution in [0.3, 0.4) is 0 Å². The van der Waals surface area contributed by atoms with Gasteiger partial charge in [-0.15, -0.1) is 0 Å². The standard InChI is InChI=1S/C2H6N.C2H6O.Ta/c1-3-2;1-2-3;/h1-2H3;3H,2H2,1H3;/q-1;;. The third kappa shape index (κ3) is 332. The van der Waals surface area contributed by atoms with Crippen molar-refractivity contribution in [2.24, 2.45) is 0 Å². The van der Waals surface area contributed by atoms with Gasteiger partial charge in [0.25, 0.3) is 0 Å². The predicted molar refractivity (Wildman–Crippen MR) is 28.0 cm³/mol. The van der Waals surface area contributed by atoms with E-state index in [1.54, 1.807) is 21.0 Å². The maximum atomic E-state index is 7.57. The molecule has 0 spiro atoms. The number of hydrogen-bond acceptors (Lipinski definition) is 1. The van der Waals surface area contributed by atoms with E-state index in [4.69, 9.17) is 5.11 Å². The summed E-state index contributed by atoms with van der Waals surface area (Å²) in [5.74, 6) is 0. The SMILES string of the molecule is CCO.C[N-]C.[Ta]. The van der Waals surface area contributed by atoms with E-state index in [2.05, 4.69) is 5.32 Å². The summed E-state index contributed by atoms with van der Waals surface area (Å²) in [5, 5.41) is 11.1. The summed E-state index contributed by atoms with van der Waals surface area (Å²) >= 11 is 0. The molecule has 0 fully saturated rings. The van der Waals surface area contributed by atoms with Crippen molar-refractivity contribution in [3.63, 3.8) is 0 Å². The molecule has 45 valence electrons. The van der Waals surface area contributed by atoms with Gasteiger partial charge >= 0.3 is 0 Å². The van der Waals surface area contributed by atoms with E-state index in [0.717, 1.165) is 0 Å². The van der Waals surface area contributed by atoms with Gasteiger partial charge in [0.2, 0.25) is 0 Å². The van der Waals surface area contributed by atoms with Crippen LogP contribution in [0.1, 0.15) is 6.92 Å². The molecule has 0 saturated heterocycles. The molecule has 2 nitrogen and oxygen atoms in total. The topological polar surface area (TPSA) is 34.3 Å². The Hall–Kier alpha value is 0.660. The molecule has 0 atom stereocenters. The van der Waals surface area contributed by atoms with E-state index >= 15 is 0 Å². The van der Waals surface area contributed by atoms with E-state index in [9.17, 15) is 0 Å². The summed E-state index contributed by atoms with van der Waals surface area (Å²) in [6, 6.07) is 0. The Labute approximate surface area is 60.8 Å². The van der Waals surface area contributed by atoms with E-state index in [1.165, 1.54) is 0 Å². The van der Waals surface area contributed by atoms with Crippen molar-refractivity contribution in [3.05, 3.63) is 5.32 Å². The molecule has 7 heavy (non-hydrogen) atoms. The minimum Gasteiger partial charge on any atom is -0.668 e. The molecule has 1 N–H and O–H groups in total. The average Bonchev–Trinajstić information content (AvgIpc) is 1.39. The van der Waals surface area contributed by atoms with Gasteiger partial charge in [0.05, 0.1) is 0 Å². The molecule has 0 unspecified atom stereocenters. The summed E-state index contributed by atoms with van der Waals surface area (Å²) in [4.78, 5) is 0. The maximum Gasteiger partial charge on any atom is 0.0402 e. The Balaban J connectivity index is -0.0000000400. The van der Waals surface area contributed by atoms with Crippen LogP contribution in [-0.2, 0) is 22.4 Å². The molecule has 1 radical (unpaired) electrons. The molecule has 0 aromatic rings. The summed E-state index contributed by atoms with van der Waals surface area (Å²) < 4.78 is 0. The molecule has 0 aliphatic carbocycles. The average molecular weight is 271 g/mol. The summed E-state index contributed by atoms with van der Waals surface area (Å²) in [6.07, 6.45) is 0. The van der Waals surface area contributed by atoms with Crippen molar-refractivity contribution < 1.29 is 27.5 Å². The molecule has 0 aromatic carbocycles. The molecule has 0 rings (SSSR count). The fourth-order valence-corrected chi connectivity index (χ4v) is 0. The Morgan fingerprint density at radius 3 is 1.43 bits per heavy atom. The monoisotopic (exact) mass is 271 g/mol. The first kappa shape index (κ1) is 15.6. The summed E-state index contributed by atoms with van der Waals surface area (Å²) in [5.41, 5.74) is 0. The fourth-order valence-electron chi connectivity index (χ4n) is 0. The zero-order chi connectivity index (χ0) is 5.41. The number of rotatable bonds is 0. The van der Waals surface area contributed by atoms with Gasteiger partial charge in [-0.3, -0.25) is 0 Å². The van der Waals surface area contributed by atoms with E-state index in [0.29, 0.717) is 0 Å². The molecular weight excluding hydrogens is 259 g/mol. The van der Waals surface area contributed by atoms with Gasteiger partial charge in [-0.2, -0.15) is 14.1 Å². The van der Waals surface area contributed by atoms with Crippen LogP contribution in [-0.4, -0.2) is 25.8 Å². The van der Waals surface area contributed by atoms with Crippen LogP contribution in [0, 0.1) is 0 Å². The Kier molecular flexibility index (Phi) is 67.4. The first-order chi connectivity index (χ1) is 2.83. The minimum absolute atomic E-state index is 0. The van der Waals surface area contributed by atoms with E-state index in [1.807, 2.05) is 0 Å². The van der Waals surface area contributed by atoms with Crippen LogP contribution < -0.4 is 0 Å². The van der Waals surface area contributed by atoms with Gasteiger partial charge in [-0.05, 0) is 6.92 Å². The van der Waals surface area contributed by atoms with Gasteiger partial charge < -0.3 is 10.4 Å². The Bertz CT molecular complexity index is 13.7.